The molecule has 0 spiro atoms. The maximum absolute atomic E-state index is 12.9. The Kier molecular flexibility index (Phi) is 5.78. The van der Waals surface area contributed by atoms with E-state index in [0.717, 1.165) is 27.2 Å². The number of halogens is 1. The highest BCUT2D eigenvalue weighted by Crippen LogP contribution is 2.33. The summed E-state index contributed by atoms with van der Waals surface area (Å²) >= 11 is 4.42. The van der Waals surface area contributed by atoms with Gasteiger partial charge >= 0.3 is 0 Å². The van der Waals surface area contributed by atoms with E-state index in [-0.39, 0.29) is 16.0 Å². The minimum Gasteiger partial charge on any atom is -0.325 e. The molecule has 1 unspecified atom stereocenters. The fraction of sp³-hybridized carbons (Fsp3) is 0.368. The molecule has 0 bridgehead atoms. The van der Waals surface area contributed by atoms with Crippen molar-refractivity contribution >= 4 is 60.5 Å². The van der Waals surface area contributed by atoms with E-state index in [1.165, 1.54) is 4.31 Å². The van der Waals surface area contributed by atoms with E-state index in [2.05, 4.69) is 21.2 Å². The highest BCUT2D eigenvalue weighted by atomic mass is 79.9. The fourth-order valence-corrected chi connectivity index (χ4v) is 7.51. The Bertz CT molecular complexity index is 1040. The number of thiophene rings is 1. The molecule has 10 heteroatoms. The number of hydrogen-bond acceptors (Lipinski definition) is 5. The predicted molar refractivity (Wildman–Crippen MR) is 116 cm³/mol. The summed E-state index contributed by atoms with van der Waals surface area (Å²) < 4.78 is 28.1. The summed E-state index contributed by atoms with van der Waals surface area (Å²) in [7, 11) is -3.71. The summed E-state index contributed by atoms with van der Waals surface area (Å²) in [6, 6.07) is 9.58. The lowest BCUT2D eigenvalue weighted by molar-refractivity contribution is -0.119. The first-order valence-electron chi connectivity index (χ1n) is 9.35. The molecular formula is C19H20BrN3O4S2. The fourth-order valence-electron chi connectivity index (χ4n) is 3.71. The number of nitrogens with one attached hydrogen (secondary N) is 1. The zero-order chi connectivity index (χ0) is 20.6. The average molecular weight is 498 g/mol. The number of sulfonamides is 1. The summed E-state index contributed by atoms with van der Waals surface area (Å²) in [6.07, 6.45) is 2.53. The van der Waals surface area contributed by atoms with Gasteiger partial charge in [0.1, 0.15) is 10.3 Å². The standard InChI is InChI=1S/C19H20BrN3O4S2/c20-16-9-10-18(28-16)29(26,27)23-12-1-3-15(23)19(25)21-13-5-7-14(8-6-13)22-11-2-4-17(22)24/h5-10,15H,1-4,11-12H2,(H,21,25). The Morgan fingerprint density at radius 1 is 1.10 bits per heavy atom. The summed E-state index contributed by atoms with van der Waals surface area (Å²) in [5.74, 6) is -0.236. The topological polar surface area (TPSA) is 86.8 Å². The van der Waals surface area contributed by atoms with Gasteiger partial charge in [-0.3, -0.25) is 9.59 Å². The number of benzene rings is 1. The highest BCUT2D eigenvalue weighted by Gasteiger charge is 2.40. The van der Waals surface area contributed by atoms with Gasteiger partial charge in [-0.25, -0.2) is 8.42 Å². The Morgan fingerprint density at radius 3 is 2.48 bits per heavy atom. The zero-order valence-electron chi connectivity index (χ0n) is 15.5. The first-order valence-corrected chi connectivity index (χ1v) is 12.4. The number of nitrogens with zero attached hydrogens (tertiary/aromatic N) is 2. The van der Waals surface area contributed by atoms with E-state index >= 15 is 0 Å². The summed E-state index contributed by atoms with van der Waals surface area (Å²) in [5, 5.41) is 2.82. The molecule has 29 heavy (non-hydrogen) atoms. The molecule has 0 radical (unpaired) electrons. The van der Waals surface area contributed by atoms with Gasteiger partial charge in [0.2, 0.25) is 11.8 Å². The van der Waals surface area contributed by atoms with Gasteiger partial charge in [-0.05, 0) is 71.6 Å². The Labute approximate surface area is 181 Å². The molecule has 1 atom stereocenters. The summed E-state index contributed by atoms with van der Waals surface area (Å²) in [6.45, 7) is 1.03. The maximum Gasteiger partial charge on any atom is 0.253 e. The van der Waals surface area contributed by atoms with Crippen LogP contribution in [0.15, 0.2) is 44.4 Å². The van der Waals surface area contributed by atoms with Gasteiger partial charge in [0.25, 0.3) is 10.0 Å². The molecule has 2 fully saturated rings. The zero-order valence-corrected chi connectivity index (χ0v) is 18.7. The van der Waals surface area contributed by atoms with Crippen LogP contribution < -0.4 is 10.2 Å². The van der Waals surface area contributed by atoms with Crippen LogP contribution in [0.4, 0.5) is 11.4 Å². The molecule has 0 aliphatic carbocycles. The van der Waals surface area contributed by atoms with Gasteiger partial charge in [0.05, 0.1) is 3.79 Å². The van der Waals surface area contributed by atoms with E-state index in [1.54, 1.807) is 41.3 Å². The number of anilines is 2. The van der Waals surface area contributed by atoms with Crippen LogP contribution in [0.5, 0.6) is 0 Å². The molecule has 7 nitrogen and oxygen atoms in total. The van der Waals surface area contributed by atoms with Crippen LogP contribution in [-0.2, 0) is 19.6 Å². The van der Waals surface area contributed by atoms with Crippen molar-refractivity contribution in [2.45, 2.75) is 35.9 Å². The molecule has 1 aromatic heterocycles. The lowest BCUT2D eigenvalue weighted by Crippen LogP contribution is -2.42. The van der Waals surface area contributed by atoms with Crippen molar-refractivity contribution in [3.05, 3.63) is 40.2 Å². The second kappa shape index (κ2) is 8.17. The van der Waals surface area contributed by atoms with E-state index in [1.807, 2.05) is 0 Å². The second-order valence-electron chi connectivity index (χ2n) is 7.02. The molecule has 2 saturated heterocycles. The SMILES string of the molecule is O=C(Nc1ccc(N2CCCC2=O)cc1)C1CCCN1S(=O)(=O)c1ccc(Br)s1. The van der Waals surface area contributed by atoms with Crippen molar-refractivity contribution in [1.29, 1.82) is 0 Å². The lowest BCUT2D eigenvalue weighted by Gasteiger charge is -2.23. The number of hydrogen-bond donors (Lipinski definition) is 1. The van der Waals surface area contributed by atoms with Gasteiger partial charge in [0.15, 0.2) is 0 Å². The molecule has 2 aromatic rings. The Balaban J connectivity index is 1.47. The number of rotatable bonds is 5. The summed E-state index contributed by atoms with van der Waals surface area (Å²) in [4.78, 5) is 26.4. The smallest absolute Gasteiger partial charge is 0.253 e. The van der Waals surface area contributed by atoms with Gasteiger partial charge in [0, 0.05) is 30.9 Å². The minimum absolute atomic E-state index is 0.105. The van der Waals surface area contributed by atoms with Gasteiger partial charge in [-0.15, -0.1) is 11.3 Å². The highest BCUT2D eigenvalue weighted by molar-refractivity contribution is 9.11. The third kappa shape index (κ3) is 4.11. The maximum atomic E-state index is 12.9. The van der Waals surface area contributed by atoms with Crippen LogP contribution in [0.1, 0.15) is 25.7 Å². The van der Waals surface area contributed by atoms with Crippen molar-refractivity contribution < 1.29 is 18.0 Å². The normalized spacial score (nSPS) is 20.4. The van der Waals surface area contributed by atoms with E-state index in [9.17, 15) is 18.0 Å². The van der Waals surface area contributed by atoms with E-state index in [4.69, 9.17) is 0 Å². The third-order valence-corrected chi connectivity index (χ3v) is 9.14. The van der Waals surface area contributed by atoms with Crippen LogP contribution in [0.2, 0.25) is 0 Å². The largest absolute Gasteiger partial charge is 0.325 e. The Morgan fingerprint density at radius 2 is 1.86 bits per heavy atom. The van der Waals surface area contributed by atoms with Gasteiger partial charge in [-0.2, -0.15) is 4.31 Å². The lowest BCUT2D eigenvalue weighted by atomic mass is 10.2. The van der Waals surface area contributed by atoms with Crippen molar-refractivity contribution in [2.75, 3.05) is 23.3 Å². The number of carbonyl (C=O) groups is 2. The molecular weight excluding hydrogens is 478 g/mol. The van der Waals surface area contributed by atoms with Crippen LogP contribution in [0, 0.1) is 0 Å². The third-order valence-electron chi connectivity index (χ3n) is 5.14. The summed E-state index contributed by atoms with van der Waals surface area (Å²) in [5.41, 5.74) is 1.38. The minimum atomic E-state index is -3.71. The first-order chi connectivity index (χ1) is 13.9. The van der Waals surface area contributed by atoms with E-state index < -0.39 is 16.1 Å². The number of carbonyl (C=O) groups excluding carboxylic acids is 2. The van der Waals surface area contributed by atoms with Gasteiger partial charge in [-0.1, -0.05) is 0 Å². The van der Waals surface area contributed by atoms with Crippen molar-refractivity contribution in [3.63, 3.8) is 0 Å². The molecule has 1 aromatic carbocycles. The van der Waals surface area contributed by atoms with Crippen LogP contribution >= 0.6 is 27.3 Å². The Hall–Kier alpha value is -1.75. The second-order valence-corrected chi connectivity index (χ2v) is 11.6. The monoisotopic (exact) mass is 497 g/mol. The molecule has 2 aliphatic heterocycles. The van der Waals surface area contributed by atoms with Crippen molar-refractivity contribution in [2.24, 2.45) is 0 Å². The molecule has 4 rings (SSSR count). The molecule has 1 N–H and O–H groups in total. The predicted octanol–water partition coefficient (Wildman–Crippen LogP) is 3.43. The van der Waals surface area contributed by atoms with E-state index in [0.29, 0.717) is 38.0 Å². The van der Waals surface area contributed by atoms with Crippen molar-refractivity contribution in [1.82, 2.24) is 4.31 Å². The van der Waals surface area contributed by atoms with Crippen LogP contribution in [0.25, 0.3) is 0 Å². The quantitative estimate of drug-likeness (QED) is 0.685. The van der Waals surface area contributed by atoms with Crippen LogP contribution in [0.3, 0.4) is 0 Å². The van der Waals surface area contributed by atoms with Gasteiger partial charge < -0.3 is 10.2 Å². The van der Waals surface area contributed by atoms with Crippen molar-refractivity contribution in [3.8, 4) is 0 Å². The molecule has 0 saturated carbocycles. The first kappa shape index (κ1) is 20.5. The molecule has 2 amide bonds. The average Bonchev–Trinajstić information content (AvgIpc) is 3.43. The number of amides is 2. The molecule has 2 aliphatic rings. The molecule has 3 heterocycles. The molecule has 154 valence electrons. The van der Waals surface area contributed by atoms with Crippen LogP contribution in [-0.4, -0.2) is 43.7 Å².